The molecule has 0 radical (unpaired) electrons. The molecule has 0 bridgehead atoms. The first-order valence-corrected chi connectivity index (χ1v) is 10.3. The second-order valence-corrected chi connectivity index (χ2v) is 8.50. The summed E-state index contributed by atoms with van der Waals surface area (Å²) in [5, 5.41) is 4.31. The molecular weight excluding hydrogens is 366 g/mol. The van der Waals surface area contributed by atoms with Crippen LogP contribution in [0, 0.1) is 5.92 Å². The lowest BCUT2D eigenvalue weighted by atomic mass is 9.89. The van der Waals surface area contributed by atoms with Gasteiger partial charge in [-0.15, -0.1) is 11.3 Å². The van der Waals surface area contributed by atoms with Crippen molar-refractivity contribution in [3.63, 3.8) is 0 Å². The summed E-state index contributed by atoms with van der Waals surface area (Å²) < 4.78 is 0. The second kappa shape index (κ2) is 7.20. The molecule has 0 spiro atoms. The zero-order valence-corrected chi connectivity index (χ0v) is 16.0. The van der Waals surface area contributed by atoms with Gasteiger partial charge >= 0.3 is 0 Å². The standard InChI is InChI=1S/C18H19N5OS2/c1-10-5-6-11-12(8-10)26-17-15(11)16(19)22-18(23-17)25-9-14(24)21-13-4-2-3-7-20-13/h2-4,7,10H,5-6,8-9H2,1H3,(H2,19,22,23)(H,20,21,24). The number of fused-ring (bicyclic) bond motifs is 3. The minimum absolute atomic E-state index is 0.143. The Bertz CT molecular complexity index is 957. The molecule has 0 saturated heterocycles. The zero-order valence-electron chi connectivity index (χ0n) is 14.4. The molecule has 3 heterocycles. The molecule has 1 aliphatic rings. The highest BCUT2D eigenvalue weighted by Gasteiger charge is 2.23. The van der Waals surface area contributed by atoms with E-state index in [1.807, 2.05) is 6.07 Å². The Hall–Kier alpha value is -2.19. The van der Waals surface area contributed by atoms with Crippen LogP contribution in [0.1, 0.15) is 23.8 Å². The third kappa shape index (κ3) is 3.52. The first-order valence-electron chi connectivity index (χ1n) is 8.51. The molecule has 0 fully saturated rings. The molecule has 1 aliphatic carbocycles. The van der Waals surface area contributed by atoms with Crippen molar-refractivity contribution in [3.05, 3.63) is 34.8 Å². The molecule has 0 aromatic carbocycles. The van der Waals surface area contributed by atoms with E-state index in [1.54, 1.807) is 29.7 Å². The smallest absolute Gasteiger partial charge is 0.236 e. The summed E-state index contributed by atoms with van der Waals surface area (Å²) in [5.41, 5.74) is 7.55. The van der Waals surface area contributed by atoms with E-state index in [2.05, 4.69) is 27.2 Å². The van der Waals surface area contributed by atoms with Crippen molar-refractivity contribution in [3.8, 4) is 0 Å². The maximum absolute atomic E-state index is 12.1. The van der Waals surface area contributed by atoms with Gasteiger partial charge in [0, 0.05) is 11.1 Å². The molecule has 0 saturated carbocycles. The van der Waals surface area contributed by atoms with E-state index in [0.29, 0.717) is 22.7 Å². The molecule has 3 aromatic heterocycles. The van der Waals surface area contributed by atoms with Gasteiger partial charge < -0.3 is 11.1 Å². The van der Waals surface area contributed by atoms with Gasteiger partial charge in [0.2, 0.25) is 5.91 Å². The molecule has 0 aliphatic heterocycles. The number of hydrogen-bond donors (Lipinski definition) is 2. The molecule has 1 unspecified atom stereocenters. The van der Waals surface area contributed by atoms with Gasteiger partial charge in [0.25, 0.3) is 0 Å². The van der Waals surface area contributed by atoms with Crippen LogP contribution in [0.3, 0.4) is 0 Å². The van der Waals surface area contributed by atoms with Crippen molar-refractivity contribution in [1.82, 2.24) is 15.0 Å². The fourth-order valence-electron chi connectivity index (χ4n) is 3.16. The van der Waals surface area contributed by atoms with Crippen molar-refractivity contribution in [2.75, 3.05) is 16.8 Å². The number of aromatic nitrogens is 3. The van der Waals surface area contributed by atoms with Crippen molar-refractivity contribution < 1.29 is 4.79 Å². The lowest BCUT2D eigenvalue weighted by molar-refractivity contribution is -0.113. The lowest BCUT2D eigenvalue weighted by Crippen LogP contribution is -2.15. The first-order chi connectivity index (χ1) is 12.6. The number of hydrogen-bond acceptors (Lipinski definition) is 7. The lowest BCUT2D eigenvalue weighted by Gasteiger charge is -2.17. The number of pyridine rings is 1. The third-order valence-electron chi connectivity index (χ3n) is 4.43. The number of carbonyl (C=O) groups is 1. The number of thioether (sulfide) groups is 1. The van der Waals surface area contributed by atoms with Gasteiger partial charge in [-0.1, -0.05) is 24.8 Å². The molecule has 4 rings (SSSR count). The van der Waals surface area contributed by atoms with E-state index in [4.69, 9.17) is 5.73 Å². The Balaban J connectivity index is 1.50. The van der Waals surface area contributed by atoms with E-state index in [9.17, 15) is 4.79 Å². The molecule has 3 N–H and O–H groups in total. The van der Waals surface area contributed by atoms with E-state index in [-0.39, 0.29) is 11.7 Å². The highest BCUT2D eigenvalue weighted by molar-refractivity contribution is 7.99. The second-order valence-electron chi connectivity index (χ2n) is 6.48. The maximum Gasteiger partial charge on any atom is 0.236 e. The number of carbonyl (C=O) groups excluding carboxylic acids is 1. The Morgan fingerprint density at radius 3 is 3.12 bits per heavy atom. The average Bonchev–Trinajstić information content (AvgIpc) is 2.98. The molecule has 3 aromatic rings. The van der Waals surface area contributed by atoms with Crippen molar-refractivity contribution >= 4 is 50.9 Å². The zero-order chi connectivity index (χ0) is 18.1. The quantitative estimate of drug-likeness (QED) is 0.527. The number of anilines is 2. The van der Waals surface area contributed by atoms with Crippen molar-refractivity contribution in [1.29, 1.82) is 0 Å². The summed E-state index contributed by atoms with van der Waals surface area (Å²) in [6.07, 6.45) is 4.95. The molecular formula is C18H19N5OS2. The Morgan fingerprint density at radius 1 is 1.42 bits per heavy atom. The number of aryl methyl sites for hydroxylation is 1. The van der Waals surface area contributed by atoms with Gasteiger partial charge in [-0.05, 0) is 42.9 Å². The van der Waals surface area contributed by atoms with Crippen molar-refractivity contribution in [2.24, 2.45) is 5.92 Å². The topological polar surface area (TPSA) is 93.8 Å². The van der Waals surface area contributed by atoms with Crippen LogP contribution in [-0.4, -0.2) is 26.6 Å². The number of amides is 1. The van der Waals surface area contributed by atoms with E-state index >= 15 is 0 Å². The molecule has 6 nitrogen and oxygen atoms in total. The number of nitrogen functional groups attached to an aromatic ring is 1. The predicted octanol–water partition coefficient (Wildman–Crippen LogP) is 3.52. The van der Waals surface area contributed by atoms with Crippen LogP contribution in [-0.2, 0) is 17.6 Å². The first kappa shape index (κ1) is 17.2. The van der Waals surface area contributed by atoms with Crippen LogP contribution < -0.4 is 11.1 Å². The van der Waals surface area contributed by atoms with Gasteiger partial charge in [-0.2, -0.15) is 0 Å². The highest BCUT2D eigenvalue weighted by atomic mass is 32.2. The summed E-state index contributed by atoms with van der Waals surface area (Å²) in [7, 11) is 0. The summed E-state index contributed by atoms with van der Waals surface area (Å²) in [6.45, 7) is 2.28. The van der Waals surface area contributed by atoms with Gasteiger partial charge in [0.05, 0.1) is 11.1 Å². The van der Waals surface area contributed by atoms with Crippen LogP contribution in [0.15, 0.2) is 29.6 Å². The summed E-state index contributed by atoms with van der Waals surface area (Å²) in [4.78, 5) is 27.5. The molecule has 1 atom stereocenters. The summed E-state index contributed by atoms with van der Waals surface area (Å²) in [6, 6.07) is 5.38. The molecule has 26 heavy (non-hydrogen) atoms. The number of nitrogens with zero attached hydrogens (tertiary/aromatic N) is 3. The summed E-state index contributed by atoms with van der Waals surface area (Å²) in [5.74, 6) is 1.83. The highest BCUT2D eigenvalue weighted by Crippen LogP contribution is 2.39. The van der Waals surface area contributed by atoms with Crippen LogP contribution in [0.5, 0.6) is 0 Å². The predicted molar refractivity (Wildman–Crippen MR) is 107 cm³/mol. The molecule has 8 heteroatoms. The Morgan fingerprint density at radius 2 is 2.31 bits per heavy atom. The van der Waals surface area contributed by atoms with Gasteiger partial charge in [0.1, 0.15) is 16.5 Å². The maximum atomic E-state index is 12.1. The van der Waals surface area contributed by atoms with Gasteiger partial charge in [0.15, 0.2) is 5.16 Å². The minimum atomic E-state index is -0.143. The van der Waals surface area contributed by atoms with Gasteiger partial charge in [-0.25, -0.2) is 15.0 Å². The van der Waals surface area contributed by atoms with E-state index in [0.717, 1.165) is 23.1 Å². The average molecular weight is 386 g/mol. The number of rotatable bonds is 4. The van der Waals surface area contributed by atoms with Gasteiger partial charge in [-0.3, -0.25) is 4.79 Å². The normalized spacial score (nSPS) is 16.4. The SMILES string of the molecule is CC1CCc2c(sc3nc(SCC(=O)Nc4ccccn4)nc(N)c23)C1. The Labute approximate surface area is 159 Å². The third-order valence-corrected chi connectivity index (χ3v) is 6.42. The van der Waals surface area contributed by atoms with Crippen LogP contribution in [0.4, 0.5) is 11.6 Å². The fraction of sp³-hybridized carbons (Fsp3) is 0.333. The summed E-state index contributed by atoms with van der Waals surface area (Å²) >= 11 is 3.00. The fourth-order valence-corrected chi connectivity index (χ4v) is 5.26. The molecule has 134 valence electrons. The molecule has 1 amide bonds. The number of nitrogens with one attached hydrogen (secondary N) is 1. The number of thiophene rings is 1. The number of nitrogens with two attached hydrogens (primary N) is 1. The van der Waals surface area contributed by atoms with Crippen LogP contribution in [0.25, 0.3) is 10.2 Å². The minimum Gasteiger partial charge on any atom is -0.383 e. The largest absolute Gasteiger partial charge is 0.383 e. The van der Waals surface area contributed by atoms with Crippen LogP contribution >= 0.6 is 23.1 Å². The monoisotopic (exact) mass is 385 g/mol. The van der Waals surface area contributed by atoms with E-state index < -0.39 is 0 Å². The van der Waals surface area contributed by atoms with Crippen LogP contribution in [0.2, 0.25) is 0 Å². The van der Waals surface area contributed by atoms with Crippen molar-refractivity contribution in [2.45, 2.75) is 31.3 Å². The Kier molecular flexibility index (Phi) is 4.78. The van der Waals surface area contributed by atoms with E-state index in [1.165, 1.54) is 28.6 Å².